The van der Waals surface area contributed by atoms with Gasteiger partial charge in [0.25, 0.3) is 0 Å². The summed E-state index contributed by atoms with van der Waals surface area (Å²) in [5.41, 5.74) is 3.27. The quantitative estimate of drug-likeness (QED) is 0.554. The van der Waals surface area contributed by atoms with E-state index in [-0.39, 0.29) is 5.91 Å². The Morgan fingerprint density at radius 3 is 2.62 bits per heavy atom. The summed E-state index contributed by atoms with van der Waals surface area (Å²) in [5.74, 6) is 0.939. The van der Waals surface area contributed by atoms with Gasteiger partial charge in [0.05, 0.1) is 12.8 Å². The number of thiazole rings is 1. The molecule has 1 aliphatic heterocycles. The third kappa shape index (κ3) is 5.12. The highest BCUT2D eigenvalue weighted by atomic mass is 32.1. The highest BCUT2D eigenvalue weighted by molar-refractivity contribution is 7.13. The average Bonchev–Trinajstić information content (AvgIpc) is 3.45. The Labute approximate surface area is 178 Å². The molecule has 0 unspecified atom stereocenters. The van der Waals surface area contributed by atoms with Gasteiger partial charge < -0.3 is 9.64 Å². The van der Waals surface area contributed by atoms with E-state index in [0.29, 0.717) is 0 Å². The molecule has 1 aliphatic rings. The number of aromatic nitrogens is 1. The second-order valence-electron chi connectivity index (χ2n) is 6.86. The van der Waals surface area contributed by atoms with Crippen LogP contribution in [0, 0.1) is 0 Å². The molecule has 1 amide bonds. The second kappa shape index (κ2) is 9.35. The number of benzene rings is 1. The molecule has 4 rings (SSSR count). The van der Waals surface area contributed by atoms with Crippen LogP contribution in [0.4, 0.5) is 0 Å². The standard InChI is InChI=1S/C22H23N3O2S2/c1-27-20-5-3-18(4-6-20)22-23-19(16-29-22)14-24-9-11-25(12-10-24)21(26)7-2-17-8-13-28-15-17/h2-8,13,15-16H,9-12,14H2,1H3/b7-2+. The molecule has 1 fully saturated rings. The summed E-state index contributed by atoms with van der Waals surface area (Å²) in [4.78, 5) is 21.4. The fourth-order valence-electron chi connectivity index (χ4n) is 3.24. The summed E-state index contributed by atoms with van der Waals surface area (Å²) in [5, 5.41) is 7.20. The number of carbonyl (C=O) groups is 1. The number of hydrogen-bond donors (Lipinski definition) is 0. The van der Waals surface area contributed by atoms with Gasteiger partial charge in [-0.1, -0.05) is 0 Å². The van der Waals surface area contributed by atoms with E-state index in [1.165, 1.54) is 0 Å². The first-order valence-electron chi connectivity index (χ1n) is 9.51. The Morgan fingerprint density at radius 1 is 1.14 bits per heavy atom. The first-order valence-corrected chi connectivity index (χ1v) is 11.3. The number of ether oxygens (including phenoxy) is 1. The maximum Gasteiger partial charge on any atom is 0.246 e. The molecule has 0 atom stereocenters. The molecule has 0 N–H and O–H groups in total. The van der Waals surface area contributed by atoms with E-state index in [0.717, 1.165) is 60.3 Å². The number of nitrogens with zero attached hydrogens (tertiary/aromatic N) is 3. The van der Waals surface area contributed by atoms with Crippen molar-refractivity contribution < 1.29 is 9.53 Å². The molecule has 2 aromatic heterocycles. The molecule has 0 radical (unpaired) electrons. The summed E-state index contributed by atoms with van der Waals surface area (Å²) in [6, 6.07) is 10.0. The van der Waals surface area contributed by atoms with Crippen molar-refractivity contribution in [3.63, 3.8) is 0 Å². The van der Waals surface area contributed by atoms with Gasteiger partial charge >= 0.3 is 0 Å². The second-order valence-corrected chi connectivity index (χ2v) is 8.50. The SMILES string of the molecule is COc1ccc(-c2nc(CN3CCN(C(=O)/C=C/c4ccsc4)CC3)cs2)cc1. The minimum atomic E-state index is 0.0892. The predicted octanol–water partition coefficient (Wildman–Crippen LogP) is 4.24. The van der Waals surface area contributed by atoms with Crippen molar-refractivity contribution in [2.45, 2.75) is 6.54 Å². The van der Waals surface area contributed by atoms with Gasteiger partial charge in [-0.25, -0.2) is 4.98 Å². The van der Waals surface area contributed by atoms with Crippen LogP contribution in [0.1, 0.15) is 11.3 Å². The Balaban J connectivity index is 1.28. The minimum absolute atomic E-state index is 0.0892. The molecule has 0 aliphatic carbocycles. The summed E-state index contributed by atoms with van der Waals surface area (Å²) in [7, 11) is 1.67. The van der Waals surface area contributed by atoms with E-state index < -0.39 is 0 Å². The van der Waals surface area contributed by atoms with Crippen LogP contribution in [0.3, 0.4) is 0 Å². The summed E-state index contributed by atoms with van der Waals surface area (Å²) in [6.07, 6.45) is 3.57. The van der Waals surface area contributed by atoms with Gasteiger partial charge in [-0.2, -0.15) is 11.3 Å². The van der Waals surface area contributed by atoms with E-state index in [4.69, 9.17) is 9.72 Å². The molecule has 1 saturated heterocycles. The van der Waals surface area contributed by atoms with Crippen molar-refractivity contribution in [3.05, 3.63) is 63.8 Å². The molecule has 7 heteroatoms. The van der Waals surface area contributed by atoms with E-state index in [1.807, 2.05) is 52.1 Å². The highest BCUT2D eigenvalue weighted by Gasteiger charge is 2.20. The normalized spacial score (nSPS) is 15.1. The lowest BCUT2D eigenvalue weighted by atomic mass is 10.2. The number of carbonyl (C=O) groups excluding carboxylic acids is 1. The van der Waals surface area contributed by atoms with Crippen LogP contribution in [-0.2, 0) is 11.3 Å². The number of methoxy groups -OCH3 is 1. The summed E-state index contributed by atoms with van der Waals surface area (Å²) >= 11 is 3.30. The zero-order valence-corrected chi connectivity index (χ0v) is 17.9. The molecule has 0 saturated carbocycles. The number of rotatable bonds is 6. The lowest BCUT2D eigenvalue weighted by Gasteiger charge is -2.33. The summed E-state index contributed by atoms with van der Waals surface area (Å²) < 4.78 is 5.21. The third-order valence-corrected chi connectivity index (χ3v) is 6.56. The van der Waals surface area contributed by atoms with Crippen molar-refractivity contribution in [2.24, 2.45) is 0 Å². The van der Waals surface area contributed by atoms with Gasteiger partial charge in [0.2, 0.25) is 5.91 Å². The number of amides is 1. The van der Waals surface area contributed by atoms with Gasteiger partial charge in [0.15, 0.2) is 0 Å². The van der Waals surface area contributed by atoms with E-state index in [9.17, 15) is 4.79 Å². The van der Waals surface area contributed by atoms with Crippen molar-refractivity contribution >= 4 is 34.7 Å². The Bertz CT molecular complexity index is 956. The molecule has 150 valence electrons. The van der Waals surface area contributed by atoms with Crippen LogP contribution in [0.5, 0.6) is 5.75 Å². The lowest BCUT2D eigenvalue weighted by Crippen LogP contribution is -2.47. The number of thiophene rings is 1. The first kappa shape index (κ1) is 19.8. The molecule has 3 aromatic rings. The number of hydrogen-bond acceptors (Lipinski definition) is 6. The van der Waals surface area contributed by atoms with E-state index >= 15 is 0 Å². The minimum Gasteiger partial charge on any atom is -0.497 e. The smallest absolute Gasteiger partial charge is 0.246 e. The van der Waals surface area contributed by atoms with Gasteiger partial charge in [-0.3, -0.25) is 9.69 Å². The van der Waals surface area contributed by atoms with Gasteiger partial charge in [-0.05, 0) is 52.7 Å². The Morgan fingerprint density at radius 2 is 1.93 bits per heavy atom. The molecular formula is C22H23N3O2S2. The zero-order chi connectivity index (χ0) is 20.1. The van der Waals surface area contributed by atoms with E-state index in [1.54, 1.807) is 35.9 Å². The number of piperazine rings is 1. The fraction of sp³-hybridized carbons (Fsp3) is 0.273. The fourth-order valence-corrected chi connectivity index (χ4v) is 4.69. The monoisotopic (exact) mass is 425 g/mol. The molecule has 3 heterocycles. The van der Waals surface area contributed by atoms with Crippen LogP contribution < -0.4 is 4.74 Å². The van der Waals surface area contributed by atoms with Gasteiger partial charge in [0.1, 0.15) is 10.8 Å². The van der Waals surface area contributed by atoms with Crippen LogP contribution in [0.15, 0.2) is 52.5 Å². The Hall–Kier alpha value is -2.48. The van der Waals surface area contributed by atoms with E-state index in [2.05, 4.69) is 10.3 Å². The maximum absolute atomic E-state index is 12.4. The van der Waals surface area contributed by atoms with Crippen LogP contribution in [0.25, 0.3) is 16.6 Å². The van der Waals surface area contributed by atoms with Crippen molar-refractivity contribution in [1.29, 1.82) is 0 Å². The van der Waals surface area contributed by atoms with Crippen LogP contribution in [0.2, 0.25) is 0 Å². The molecule has 0 spiro atoms. The molecule has 1 aromatic carbocycles. The molecule has 5 nitrogen and oxygen atoms in total. The summed E-state index contributed by atoms with van der Waals surface area (Å²) in [6.45, 7) is 4.06. The zero-order valence-electron chi connectivity index (χ0n) is 16.3. The van der Waals surface area contributed by atoms with Crippen LogP contribution >= 0.6 is 22.7 Å². The average molecular weight is 426 g/mol. The molecule has 0 bridgehead atoms. The lowest BCUT2D eigenvalue weighted by molar-refractivity contribution is -0.127. The van der Waals surface area contributed by atoms with Crippen molar-refractivity contribution in [2.75, 3.05) is 33.3 Å². The van der Waals surface area contributed by atoms with Crippen molar-refractivity contribution in [1.82, 2.24) is 14.8 Å². The molecular weight excluding hydrogens is 402 g/mol. The highest BCUT2D eigenvalue weighted by Crippen LogP contribution is 2.26. The Kier molecular flexibility index (Phi) is 6.39. The van der Waals surface area contributed by atoms with Gasteiger partial charge in [-0.15, -0.1) is 11.3 Å². The van der Waals surface area contributed by atoms with Crippen LogP contribution in [-0.4, -0.2) is 54.0 Å². The topological polar surface area (TPSA) is 45.7 Å². The van der Waals surface area contributed by atoms with Crippen molar-refractivity contribution in [3.8, 4) is 16.3 Å². The first-order chi connectivity index (χ1) is 14.2. The predicted molar refractivity (Wildman–Crippen MR) is 119 cm³/mol. The van der Waals surface area contributed by atoms with Gasteiger partial charge in [0, 0.05) is 49.7 Å². The largest absolute Gasteiger partial charge is 0.497 e. The molecule has 29 heavy (non-hydrogen) atoms. The maximum atomic E-state index is 12.4. The third-order valence-electron chi connectivity index (χ3n) is 4.92.